The first-order valence-electron chi connectivity index (χ1n) is 4.60. The van der Waals surface area contributed by atoms with Crippen molar-refractivity contribution in [2.75, 3.05) is 0 Å². The van der Waals surface area contributed by atoms with Gasteiger partial charge >= 0.3 is 0 Å². The zero-order chi connectivity index (χ0) is 10.1. The molecule has 0 aromatic carbocycles. The molecule has 0 fully saturated rings. The van der Waals surface area contributed by atoms with Gasteiger partial charge in [0.05, 0.1) is 10.5 Å². The molecule has 0 aromatic heterocycles. The molecule has 2 atom stereocenters. The van der Waals surface area contributed by atoms with Gasteiger partial charge in [-0.1, -0.05) is 6.08 Å². The smallest absolute Gasteiger partial charge is 0.157 e. The number of rotatable bonds is 2. The van der Waals surface area contributed by atoms with Crippen LogP contribution in [0, 0.1) is 0 Å². The van der Waals surface area contributed by atoms with E-state index in [4.69, 9.17) is 0 Å². The van der Waals surface area contributed by atoms with Crippen LogP contribution in [-0.4, -0.2) is 25.0 Å². The number of hydrogen-bond acceptors (Lipinski definition) is 3. The van der Waals surface area contributed by atoms with Gasteiger partial charge in [0.25, 0.3) is 0 Å². The summed E-state index contributed by atoms with van der Waals surface area (Å²) in [4.78, 5) is 0. The summed E-state index contributed by atoms with van der Waals surface area (Å²) < 4.78 is 23.6. The molecule has 1 aliphatic heterocycles. The highest BCUT2D eigenvalue weighted by Crippen LogP contribution is 2.19. The second-order valence-electron chi connectivity index (χ2n) is 3.77. The molecule has 0 saturated heterocycles. The second-order valence-corrected chi connectivity index (χ2v) is 6.50. The third-order valence-electron chi connectivity index (χ3n) is 2.48. The van der Waals surface area contributed by atoms with Crippen LogP contribution in [0.3, 0.4) is 0 Å². The molecule has 0 bridgehead atoms. The molecule has 1 aliphatic rings. The minimum atomic E-state index is -2.96. The molecule has 76 valence electrons. The highest BCUT2D eigenvalue weighted by Gasteiger charge is 2.33. The van der Waals surface area contributed by atoms with Crippen molar-refractivity contribution in [3.63, 3.8) is 0 Å². The van der Waals surface area contributed by atoms with Crippen molar-refractivity contribution >= 4 is 9.84 Å². The summed E-state index contributed by atoms with van der Waals surface area (Å²) in [5.74, 6) is 0. The van der Waals surface area contributed by atoms with E-state index in [-0.39, 0.29) is 16.5 Å². The fourth-order valence-corrected chi connectivity index (χ4v) is 3.23. The molecule has 1 heterocycles. The molecular weight excluding hydrogens is 186 g/mol. The van der Waals surface area contributed by atoms with Crippen molar-refractivity contribution < 1.29 is 8.42 Å². The lowest BCUT2D eigenvalue weighted by molar-refractivity contribution is 0.517. The quantitative estimate of drug-likeness (QED) is 0.730. The van der Waals surface area contributed by atoms with E-state index in [2.05, 4.69) is 5.32 Å². The van der Waals surface area contributed by atoms with Crippen LogP contribution in [-0.2, 0) is 9.84 Å². The van der Waals surface area contributed by atoms with E-state index in [9.17, 15) is 8.42 Å². The van der Waals surface area contributed by atoms with Gasteiger partial charge in [-0.25, -0.2) is 8.42 Å². The third kappa shape index (κ3) is 2.05. The zero-order valence-corrected chi connectivity index (χ0v) is 9.14. The van der Waals surface area contributed by atoms with E-state index >= 15 is 0 Å². The summed E-state index contributed by atoms with van der Waals surface area (Å²) >= 11 is 0. The SMILES string of the molecule is CC1NC=CCC1S(=O)(=O)C(C)C. The highest BCUT2D eigenvalue weighted by atomic mass is 32.2. The van der Waals surface area contributed by atoms with Crippen LogP contribution >= 0.6 is 0 Å². The van der Waals surface area contributed by atoms with Crippen molar-refractivity contribution in [2.24, 2.45) is 0 Å². The Morgan fingerprint density at radius 3 is 2.54 bits per heavy atom. The van der Waals surface area contributed by atoms with Crippen LogP contribution in [0.25, 0.3) is 0 Å². The third-order valence-corrected chi connectivity index (χ3v) is 5.24. The molecule has 2 unspecified atom stereocenters. The van der Waals surface area contributed by atoms with Crippen molar-refractivity contribution in [1.82, 2.24) is 5.32 Å². The first kappa shape index (κ1) is 10.6. The van der Waals surface area contributed by atoms with Gasteiger partial charge in [0.15, 0.2) is 9.84 Å². The summed E-state index contributed by atoms with van der Waals surface area (Å²) in [6.45, 7) is 5.38. The summed E-state index contributed by atoms with van der Waals surface area (Å²) in [6, 6.07) is 0.0254. The molecular formula is C9H17NO2S. The van der Waals surface area contributed by atoms with Gasteiger partial charge in [0.2, 0.25) is 0 Å². The van der Waals surface area contributed by atoms with Crippen molar-refractivity contribution in [3.05, 3.63) is 12.3 Å². The molecule has 0 spiro atoms. The maximum absolute atomic E-state index is 11.8. The van der Waals surface area contributed by atoms with E-state index in [1.54, 1.807) is 13.8 Å². The van der Waals surface area contributed by atoms with Gasteiger partial charge in [-0.2, -0.15) is 0 Å². The van der Waals surface area contributed by atoms with Crippen LogP contribution in [0.15, 0.2) is 12.3 Å². The Hall–Kier alpha value is -0.510. The van der Waals surface area contributed by atoms with E-state index in [0.29, 0.717) is 6.42 Å². The molecule has 1 rings (SSSR count). The first-order valence-corrected chi connectivity index (χ1v) is 6.21. The van der Waals surface area contributed by atoms with Gasteiger partial charge in [-0.3, -0.25) is 0 Å². The maximum Gasteiger partial charge on any atom is 0.157 e. The summed E-state index contributed by atoms with van der Waals surface area (Å²) in [5.41, 5.74) is 0. The predicted molar refractivity (Wildman–Crippen MR) is 54.2 cm³/mol. The highest BCUT2D eigenvalue weighted by molar-refractivity contribution is 7.92. The number of hydrogen-bond donors (Lipinski definition) is 1. The lowest BCUT2D eigenvalue weighted by atomic mass is 10.1. The molecule has 0 aliphatic carbocycles. The van der Waals surface area contributed by atoms with Crippen LogP contribution in [0.4, 0.5) is 0 Å². The largest absolute Gasteiger partial charge is 0.387 e. The molecule has 0 amide bonds. The Kier molecular flexibility index (Phi) is 3.01. The Balaban J connectivity index is 2.88. The molecule has 0 radical (unpaired) electrons. The van der Waals surface area contributed by atoms with E-state index in [1.807, 2.05) is 19.2 Å². The number of sulfone groups is 1. The molecule has 0 aromatic rings. The minimum absolute atomic E-state index is 0.0254. The van der Waals surface area contributed by atoms with E-state index in [0.717, 1.165) is 0 Å². The standard InChI is InChI=1S/C9H17NO2S/c1-7(2)13(11,12)9-5-4-6-10-8(9)3/h4,6-10H,5H2,1-3H3. The molecule has 3 nitrogen and oxygen atoms in total. The molecule has 0 saturated carbocycles. The number of allylic oxidation sites excluding steroid dienone is 1. The normalized spacial score (nSPS) is 28.9. The van der Waals surface area contributed by atoms with Crippen LogP contribution in [0.2, 0.25) is 0 Å². The lowest BCUT2D eigenvalue weighted by Gasteiger charge is -2.28. The lowest BCUT2D eigenvalue weighted by Crippen LogP contribution is -2.44. The van der Waals surface area contributed by atoms with Crippen LogP contribution in [0.1, 0.15) is 27.2 Å². The van der Waals surface area contributed by atoms with Crippen LogP contribution in [0.5, 0.6) is 0 Å². The molecule has 1 N–H and O–H groups in total. The first-order chi connectivity index (χ1) is 5.96. The van der Waals surface area contributed by atoms with Gasteiger partial charge in [0.1, 0.15) is 0 Å². The van der Waals surface area contributed by atoms with Gasteiger partial charge in [-0.15, -0.1) is 0 Å². The Labute approximate surface area is 80.1 Å². The predicted octanol–water partition coefficient (Wildman–Crippen LogP) is 1.07. The van der Waals surface area contributed by atoms with E-state index < -0.39 is 9.84 Å². The van der Waals surface area contributed by atoms with Crippen molar-refractivity contribution in [1.29, 1.82) is 0 Å². The Morgan fingerprint density at radius 1 is 1.46 bits per heavy atom. The topological polar surface area (TPSA) is 46.2 Å². The fourth-order valence-electron chi connectivity index (χ4n) is 1.50. The zero-order valence-electron chi connectivity index (χ0n) is 8.32. The molecule has 4 heteroatoms. The maximum atomic E-state index is 11.8. The van der Waals surface area contributed by atoms with Gasteiger partial charge < -0.3 is 5.32 Å². The van der Waals surface area contributed by atoms with Crippen LogP contribution < -0.4 is 5.32 Å². The summed E-state index contributed by atoms with van der Waals surface area (Å²) in [6.07, 6.45) is 4.34. The van der Waals surface area contributed by atoms with E-state index in [1.165, 1.54) is 0 Å². The molecule has 13 heavy (non-hydrogen) atoms. The summed E-state index contributed by atoms with van der Waals surface area (Å²) in [7, 11) is -2.96. The second kappa shape index (κ2) is 3.70. The van der Waals surface area contributed by atoms with Gasteiger partial charge in [0, 0.05) is 6.04 Å². The monoisotopic (exact) mass is 203 g/mol. The summed E-state index contributed by atoms with van der Waals surface area (Å²) in [5, 5.41) is 2.48. The average Bonchev–Trinajstić information content (AvgIpc) is 2.04. The van der Waals surface area contributed by atoms with Crippen molar-refractivity contribution in [2.45, 2.75) is 43.7 Å². The van der Waals surface area contributed by atoms with Gasteiger partial charge in [-0.05, 0) is 33.4 Å². The number of nitrogens with one attached hydrogen (secondary N) is 1. The average molecular weight is 203 g/mol. The Morgan fingerprint density at radius 2 is 2.08 bits per heavy atom. The van der Waals surface area contributed by atoms with Crippen molar-refractivity contribution in [3.8, 4) is 0 Å². The Bertz CT molecular complexity index is 293. The minimum Gasteiger partial charge on any atom is -0.387 e. The fraction of sp³-hybridized carbons (Fsp3) is 0.778.